The molecule has 0 spiro atoms. The van der Waals surface area contributed by atoms with Crippen molar-refractivity contribution in [1.82, 2.24) is 10.3 Å². The van der Waals surface area contributed by atoms with Gasteiger partial charge in [0.1, 0.15) is 0 Å². The van der Waals surface area contributed by atoms with E-state index in [1.807, 2.05) is 5.43 Å². The van der Waals surface area contributed by atoms with Gasteiger partial charge in [-0.3, -0.25) is 15.0 Å². The quantitative estimate of drug-likeness (QED) is 0.294. The minimum absolute atomic E-state index is 0.507. The number of hydrazine groups is 1. The second-order valence-electron chi connectivity index (χ2n) is 4.00. The smallest absolute Gasteiger partial charge is 0.323 e. The Bertz CT molecular complexity index is 235. The Morgan fingerprint density at radius 3 is 2.47 bits per heavy atom. The minimum Gasteiger partial charge on any atom is -0.334 e. The van der Waals surface area contributed by atoms with Crippen molar-refractivity contribution < 1.29 is 9.59 Å². The Balaban J connectivity index is 2.37. The van der Waals surface area contributed by atoms with E-state index in [9.17, 15) is 9.59 Å². The zero-order valence-electron chi connectivity index (χ0n) is 9.16. The van der Waals surface area contributed by atoms with E-state index >= 15 is 0 Å². The molecule has 0 aromatic carbocycles. The van der Waals surface area contributed by atoms with Crippen LogP contribution in [0.4, 0.5) is 0 Å². The van der Waals surface area contributed by atoms with Gasteiger partial charge in [-0.1, -0.05) is 19.8 Å². The van der Waals surface area contributed by atoms with E-state index in [-0.39, 0.29) is 0 Å². The van der Waals surface area contributed by atoms with Gasteiger partial charge < -0.3 is 4.90 Å². The molecule has 5 heteroatoms. The van der Waals surface area contributed by atoms with Gasteiger partial charge in [-0.25, -0.2) is 5.84 Å². The molecule has 0 atom stereocenters. The number of nitrogens with two attached hydrogens (primary N) is 1. The van der Waals surface area contributed by atoms with Crippen molar-refractivity contribution in [2.75, 3.05) is 13.1 Å². The predicted octanol–water partition coefficient (Wildman–Crippen LogP) is 0.0150. The lowest BCUT2D eigenvalue weighted by Gasteiger charge is -2.31. The van der Waals surface area contributed by atoms with Gasteiger partial charge >= 0.3 is 11.8 Å². The standard InChI is InChI=1S/C10H19N3O2/c1-2-3-8-4-6-13(7-5-8)10(15)9(14)12-11/h8H,2-7,11H2,1H3,(H,12,14). The molecule has 1 saturated heterocycles. The van der Waals surface area contributed by atoms with E-state index in [0.29, 0.717) is 19.0 Å². The number of hydrogen-bond acceptors (Lipinski definition) is 3. The van der Waals surface area contributed by atoms with Crippen molar-refractivity contribution in [1.29, 1.82) is 0 Å². The van der Waals surface area contributed by atoms with Crippen molar-refractivity contribution in [3.8, 4) is 0 Å². The summed E-state index contributed by atoms with van der Waals surface area (Å²) in [5.74, 6) is 4.39. The number of hydrogen-bond donors (Lipinski definition) is 2. The van der Waals surface area contributed by atoms with Crippen molar-refractivity contribution >= 4 is 11.8 Å². The van der Waals surface area contributed by atoms with E-state index in [0.717, 1.165) is 12.8 Å². The highest BCUT2D eigenvalue weighted by Crippen LogP contribution is 2.21. The first-order valence-electron chi connectivity index (χ1n) is 5.48. The first-order valence-corrected chi connectivity index (χ1v) is 5.48. The summed E-state index contributed by atoms with van der Waals surface area (Å²) in [6.07, 6.45) is 4.39. The summed E-state index contributed by atoms with van der Waals surface area (Å²) in [6, 6.07) is 0. The van der Waals surface area contributed by atoms with Crippen LogP contribution in [0.1, 0.15) is 32.6 Å². The SMILES string of the molecule is CCCC1CCN(C(=O)C(=O)NN)CC1. The molecule has 0 bridgehead atoms. The molecular formula is C10H19N3O2. The highest BCUT2D eigenvalue weighted by Gasteiger charge is 2.25. The molecule has 1 aliphatic rings. The zero-order valence-corrected chi connectivity index (χ0v) is 9.16. The Morgan fingerprint density at radius 1 is 1.40 bits per heavy atom. The molecule has 1 heterocycles. The molecular weight excluding hydrogens is 194 g/mol. The average Bonchev–Trinajstić information content (AvgIpc) is 2.28. The van der Waals surface area contributed by atoms with Crippen LogP contribution in [0.15, 0.2) is 0 Å². The van der Waals surface area contributed by atoms with Crippen LogP contribution in [-0.2, 0) is 9.59 Å². The van der Waals surface area contributed by atoms with E-state index in [1.54, 1.807) is 4.90 Å². The molecule has 2 amide bonds. The van der Waals surface area contributed by atoms with E-state index < -0.39 is 11.8 Å². The van der Waals surface area contributed by atoms with Crippen molar-refractivity contribution in [2.45, 2.75) is 32.6 Å². The third-order valence-electron chi connectivity index (χ3n) is 2.92. The number of carbonyl (C=O) groups is 2. The second-order valence-corrected chi connectivity index (χ2v) is 4.00. The Kier molecular flexibility index (Phi) is 4.55. The lowest BCUT2D eigenvalue weighted by molar-refractivity contribution is -0.146. The molecule has 0 aromatic rings. The van der Waals surface area contributed by atoms with Gasteiger partial charge in [-0.05, 0) is 18.8 Å². The Hall–Kier alpha value is -1.10. The summed E-state index contributed by atoms with van der Waals surface area (Å²) in [5, 5.41) is 0. The predicted molar refractivity (Wildman–Crippen MR) is 56.5 cm³/mol. The molecule has 15 heavy (non-hydrogen) atoms. The fourth-order valence-electron chi connectivity index (χ4n) is 2.04. The largest absolute Gasteiger partial charge is 0.334 e. The molecule has 86 valence electrons. The van der Waals surface area contributed by atoms with Crippen LogP contribution < -0.4 is 11.3 Å². The third-order valence-corrected chi connectivity index (χ3v) is 2.92. The lowest BCUT2D eigenvalue weighted by atomic mass is 9.92. The van der Waals surface area contributed by atoms with Gasteiger partial charge in [0.15, 0.2) is 0 Å². The maximum absolute atomic E-state index is 11.4. The first kappa shape index (κ1) is 12.0. The molecule has 0 aromatic heterocycles. The molecule has 3 N–H and O–H groups in total. The van der Waals surface area contributed by atoms with E-state index in [1.165, 1.54) is 12.8 Å². The summed E-state index contributed by atoms with van der Waals surface area (Å²) in [5.41, 5.74) is 1.87. The fraction of sp³-hybridized carbons (Fsp3) is 0.800. The van der Waals surface area contributed by atoms with Gasteiger partial charge in [0, 0.05) is 13.1 Å². The van der Waals surface area contributed by atoms with Gasteiger partial charge in [-0.2, -0.15) is 0 Å². The van der Waals surface area contributed by atoms with Crippen LogP contribution in [0.3, 0.4) is 0 Å². The summed E-state index contributed by atoms with van der Waals surface area (Å²) in [6.45, 7) is 3.52. The maximum atomic E-state index is 11.4. The third kappa shape index (κ3) is 3.20. The van der Waals surface area contributed by atoms with E-state index in [2.05, 4.69) is 6.92 Å². The summed E-state index contributed by atoms with van der Waals surface area (Å²) < 4.78 is 0. The van der Waals surface area contributed by atoms with Crippen LogP contribution in [-0.4, -0.2) is 29.8 Å². The van der Waals surface area contributed by atoms with Crippen molar-refractivity contribution in [3.05, 3.63) is 0 Å². The number of nitrogens with one attached hydrogen (secondary N) is 1. The van der Waals surface area contributed by atoms with Gasteiger partial charge in [0.05, 0.1) is 0 Å². The number of nitrogens with zero attached hydrogens (tertiary/aromatic N) is 1. The van der Waals surface area contributed by atoms with Crippen molar-refractivity contribution in [2.24, 2.45) is 11.8 Å². The van der Waals surface area contributed by atoms with E-state index in [4.69, 9.17) is 5.84 Å². The lowest BCUT2D eigenvalue weighted by Crippen LogP contribution is -2.48. The molecule has 0 aliphatic carbocycles. The Labute approximate surface area is 90.0 Å². The molecule has 0 unspecified atom stereocenters. The monoisotopic (exact) mass is 213 g/mol. The number of rotatable bonds is 2. The highest BCUT2D eigenvalue weighted by molar-refractivity contribution is 6.34. The van der Waals surface area contributed by atoms with Crippen LogP contribution in [0.5, 0.6) is 0 Å². The van der Waals surface area contributed by atoms with Gasteiger partial charge in [0.25, 0.3) is 0 Å². The van der Waals surface area contributed by atoms with Crippen molar-refractivity contribution in [3.63, 3.8) is 0 Å². The summed E-state index contributed by atoms with van der Waals surface area (Å²) >= 11 is 0. The number of carbonyl (C=O) groups excluding carboxylic acids is 2. The van der Waals surface area contributed by atoms with Crippen LogP contribution in [0.2, 0.25) is 0 Å². The molecule has 1 fully saturated rings. The fourth-order valence-corrected chi connectivity index (χ4v) is 2.04. The topological polar surface area (TPSA) is 75.4 Å². The van der Waals surface area contributed by atoms with Crippen LogP contribution in [0.25, 0.3) is 0 Å². The highest BCUT2D eigenvalue weighted by atomic mass is 16.2. The summed E-state index contributed by atoms with van der Waals surface area (Å²) in [7, 11) is 0. The first-order chi connectivity index (χ1) is 7.19. The molecule has 0 saturated carbocycles. The molecule has 0 radical (unpaired) electrons. The molecule has 1 aliphatic heterocycles. The van der Waals surface area contributed by atoms with Crippen LogP contribution >= 0.6 is 0 Å². The Morgan fingerprint density at radius 2 is 2.00 bits per heavy atom. The zero-order chi connectivity index (χ0) is 11.3. The summed E-state index contributed by atoms with van der Waals surface area (Å²) in [4.78, 5) is 24.0. The van der Waals surface area contributed by atoms with Crippen LogP contribution in [0, 0.1) is 5.92 Å². The average molecular weight is 213 g/mol. The normalized spacial score (nSPS) is 17.6. The number of likely N-dealkylation sites (tertiary alicyclic amines) is 1. The van der Waals surface area contributed by atoms with Gasteiger partial charge in [-0.15, -0.1) is 0 Å². The number of amides is 2. The molecule has 5 nitrogen and oxygen atoms in total. The molecule has 1 rings (SSSR count). The number of piperidine rings is 1. The second kappa shape index (κ2) is 5.70. The van der Waals surface area contributed by atoms with Gasteiger partial charge in [0.2, 0.25) is 0 Å². The maximum Gasteiger partial charge on any atom is 0.323 e. The minimum atomic E-state index is -0.719.